The minimum atomic E-state index is -2.91. The number of aryl methyl sites for hydroxylation is 1. The molecule has 0 fully saturated rings. The van der Waals surface area contributed by atoms with Gasteiger partial charge in [-0.25, -0.2) is 0 Å². The number of halogens is 2. The predicted octanol–water partition coefficient (Wildman–Crippen LogP) is 2.17. The minimum Gasteiger partial charge on any atom is -0.351 e. The fraction of sp³-hybridized carbons (Fsp3) is 0.462. The number of amides is 1. The number of hydrogen-bond donors (Lipinski definition) is 1. The molecule has 1 aliphatic rings. The van der Waals surface area contributed by atoms with Gasteiger partial charge in [-0.1, -0.05) is 24.3 Å². The van der Waals surface area contributed by atoms with Crippen molar-refractivity contribution in [3.63, 3.8) is 0 Å². The van der Waals surface area contributed by atoms with Crippen LogP contribution in [-0.4, -0.2) is 18.9 Å². The van der Waals surface area contributed by atoms with Crippen molar-refractivity contribution in [2.45, 2.75) is 25.7 Å². The summed E-state index contributed by atoms with van der Waals surface area (Å²) < 4.78 is 24.0. The second-order valence-corrected chi connectivity index (χ2v) is 4.42. The molecule has 1 amide bonds. The second-order valence-electron chi connectivity index (χ2n) is 4.42. The zero-order valence-electron chi connectivity index (χ0n) is 9.46. The number of nitrogens with one attached hydrogen (secondary N) is 1. The van der Waals surface area contributed by atoms with Crippen LogP contribution in [0, 0.1) is 5.92 Å². The lowest BCUT2D eigenvalue weighted by atomic mass is 9.84. The summed E-state index contributed by atoms with van der Waals surface area (Å²) in [6.45, 7) is 0.345. The summed E-state index contributed by atoms with van der Waals surface area (Å²) >= 11 is 0. The average molecular weight is 239 g/mol. The summed E-state index contributed by atoms with van der Waals surface area (Å²) in [6, 6.07) is 8.16. The van der Waals surface area contributed by atoms with Crippen LogP contribution >= 0.6 is 0 Å². The quantitative estimate of drug-likeness (QED) is 0.860. The lowest BCUT2D eigenvalue weighted by Gasteiger charge is -2.24. The van der Waals surface area contributed by atoms with Gasteiger partial charge in [0.15, 0.2) is 0 Å². The summed E-state index contributed by atoms with van der Waals surface area (Å²) in [5, 5.41) is 2.29. The van der Waals surface area contributed by atoms with Gasteiger partial charge in [0, 0.05) is 6.54 Å². The molecule has 1 aliphatic carbocycles. The maximum Gasteiger partial charge on any atom is 0.315 e. The maximum absolute atomic E-state index is 12.0. The van der Waals surface area contributed by atoms with Crippen molar-refractivity contribution in [3.05, 3.63) is 35.4 Å². The summed E-state index contributed by atoms with van der Waals surface area (Å²) in [4.78, 5) is 10.8. The molecule has 4 heteroatoms. The number of fused-ring (bicyclic) bond motifs is 1. The molecule has 1 unspecified atom stereocenters. The van der Waals surface area contributed by atoms with Gasteiger partial charge in [-0.05, 0) is 36.3 Å². The molecule has 0 radical (unpaired) electrons. The lowest BCUT2D eigenvalue weighted by molar-refractivity contribution is -0.131. The zero-order valence-corrected chi connectivity index (χ0v) is 9.46. The standard InChI is InChI=1S/C13H15F2NO/c14-12(15)13(17)16-8-9-5-6-10-3-1-2-4-11(10)7-9/h1-4,9,12H,5-8H2,(H,16,17). The van der Waals surface area contributed by atoms with E-state index in [0.717, 1.165) is 19.3 Å². The summed E-state index contributed by atoms with van der Waals surface area (Å²) in [7, 11) is 0. The highest BCUT2D eigenvalue weighted by atomic mass is 19.3. The van der Waals surface area contributed by atoms with E-state index in [2.05, 4.69) is 17.4 Å². The van der Waals surface area contributed by atoms with Crippen molar-refractivity contribution in [2.75, 3.05) is 6.54 Å². The molecular formula is C13H15F2NO. The fourth-order valence-electron chi connectivity index (χ4n) is 2.27. The van der Waals surface area contributed by atoms with Gasteiger partial charge in [-0.15, -0.1) is 0 Å². The molecule has 1 aromatic rings. The largest absolute Gasteiger partial charge is 0.351 e. The second kappa shape index (κ2) is 5.25. The van der Waals surface area contributed by atoms with Gasteiger partial charge < -0.3 is 5.32 Å². The van der Waals surface area contributed by atoms with E-state index in [-0.39, 0.29) is 5.92 Å². The topological polar surface area (TPSA) is 29.1 Å². The van der Waals surface area contributed by atoms with E-state index in [9.17, 15) is 13.6 Å². The molecule has 0 heterocycles. The molecule has 2 rings (SSSR count). The van der Waals surface area contributed by atoms with Crippen LogP contribution in [0.5, 0.6) is 0 Å². The zero-order chi connectivity index (χ0) is 12.3. The Bertz CT molecular complexity index is 406. The van der Waals surface area contributed by atoms with Gasteiger partial charge in [0.1, 0.15) is 0 Å². The normalized spacial score (nSPS) is 18.9. The number of hydrogen-bond acceptors (Lipinski definition) is 1. The Balaban J connectivity index is 1.88. The molecule has 0 aromatic heterocycles. The van der Waals surface area contributed by atoms with Crippen molar-refractivity contribution in [2.24, 2.45) is 5.92 Å². The van der Waals surface area contributed by atoms with E-state index in [4.69, 9.17) is 0 Å². The third-order valence-corrected chi connectivity index (χ3v) is 3.21. The predicted molar refractivity (Wildman–Crippen MR) is 61.0 cm³/mol. The molecule has 92 valence electrons. The molecule has 1 aromatic carbocycles. The SMILES string of the molecule is O=C(NCC1CCc2ccccc2C1)C(F)F. The summed E-state index contributed by atoms with van der Waals surface area (Å²) in [5.74, 6) is -0.892. The minimum absolute atomic E-state index is 0.271. The summed E-state index contributed by atoms with van der Waals surface area (Å²) in [5.41, 5.74) is 2.61. The van der Waals surface area contributed by atoms with Crippen molar-refractivity contribution < 1.29 is 13.6 Å². The van der Waals surface area contributed by atoms with Crippen LogP contribution in [0.3, 0.4) is 0 Å². The monoisotopic (exact) mass is 239 g/mol. The van der Waals surface area contributed by atoms with Crippen molar-refractivity contribution in [1.29, 1.82) is 0 Å². The van der Waals surface area contributed by atoms with E-state index < -0.39 is 12.3 Å². The Hall–Kier alpha value is -1.45. The Morgan fingerprint density at radius 1 is 1.35 bits per heavy atom. The van der Waals surface area contributed by atoms with E-state index >= 15 is 0 Å². The number of benzene rings is 1. The Morgan fingerprint density at radius 2 is 2.06 bits per heavy atom. The van der Waals surface area contributed by atoms with E-state index in [1.807, 2.05) is 12.1 Å². The molecule has 0 bridgehead atoms. The van der Waals surface area contributed by atoms with Crippen molar-refractivity contribution in [1.82, 2.24) is 5.32 Å². The van der Waals surface area contributed by atoms with Crippen LogP contribution in [0.15, 0.2) is 24.3 Å². The maximum atomic E-state index is 12.0. The van der Waals surface area contributed by atoms with Gasteiger partial charge in [0.2, 0.25) is 0 Å². The molecule has 0 saturated carbocycles. The van der Waals surface area contributed by atoms with Crippen molar-refractivity contribution >= 4 is 5.91 Å². The number of carbonyl (C=O) groups excluding carboxylic acids is 1. The first-order valence-electron chi connectivity index (χ1n) is 5.79. The third kappa shape index (κ3) is 3.02. The third-order valence-electron chi connectivity index (χ3n) is 3.21. The number of alkyl halides is 2. The lowest BCUT2D eigenvalue weighted by Crippen LogP contribution is -2.35. The van der Waals surface area contributed by atoms with Gasteiger partial charge in [0.05, 0.1) is 0 Å². The van der Waals surface area contributed by atoms with Crippen molar-refractivity contribution in [3.8, 4) is 0 Å². The number of carbonyl (C=O) groups is 1. The first-order chi connectivity index (χ1) is 8.16. The molecule has 1 atom stereocenters. The highest BCUT2D eigenvalue weighted by Crippen LogP contribution is 2.24. The Morgan fingerprint density at radius 3 is 2.76 bits per heavy atom. The first-order valence-corrected chi connectivity index (χ1v) is 5.79. The van der Waals surface area contributed by atoms with Crippen LogP contribution in [-0.2, 0) is 17.6 Å². The molecule has 0 spiro atoms. The Kier molecular flexibility index (Phi) is 3.71. The molecule has 0 aliphatic heterocycles. The van der Waals surface area contributed by atoms with Gasteiger partial charge >= 0.3 is 6.43 Å². The van der Waals surface area contributed by atoms with Gasteiger partial charge in [-0.2, -0.15) is 8.78 Å². The van der Waals surface area contributed by atoms with Crippen LogP contribution in [0.2, 0.25) is 0 Å². The smallest absolute Gasteiger partial charge is 0.315 e. The summed E-state index contributed by atoms with van der Waals surface area (Å²) in [6.07, 6.45) is -0.142. The van der Waals surface area contributed by atoms with Gasteiger partial charge in [0.25, 0.3) is 5.91 Å². The van der Waals surface area contributed by atoms with Crippen LogP contribution in [0.1, 0.15) is 17.5 Å². The fourth-order valence-corrected chi connectivity index (χ4v) is 2.27. The number of rotatable bonds is 3. The van der Waals surface area contributed by atoms with Crippen LogP contribution < -0.4 is 5.32 Å². The molecular weight excluding hydrogens is 224 g/mol. The molecule has 17 heavy (non-hydrogen) atoms. The van der Waals surface area contributed by atoms with E-state index in [1.54, 1.807) is 0 Å². The van der Waals surface area contributed by atoms with Crippen LogP contribution in [0.4, 0.5) is 8.78 Å². The highest BCUT2D eigenvalue weighted by molar-refractivity contribution is 5.79. The highest BCUT2D eigenvalue weighted by Gasteiger charge is 2.20. The molecule has 1 N–H and O–H groups in total. The van der Waals surface area contributed by atoms with Gasteiger partial charge in [-0.3, -0.25) is 4.79 Å². The van der Waals surface area contributed by atoms with E-state index in [1.165, 1.54) is 11.1 Å². The van der Waals surface area contributed by atoms with Crippen LogP contribution in [0.25, 0.3) is 0 Å². The Labute approximate surface area is 99.0 Å². The van der Waals surface area contributed by atoms with E-state index in [0.29, 0.717) is 6.54 Å². The molecule has 0 saturated heterocycles. The average Bonchev–Trinajstić information content (AvgIpc) is 2.35. The molecule has 2 nitrogen and oxygen atoms in total. The first kappa shape index (κ1) is 12.0.